The number of phenols is 1. The second kappa shape index (κ2) is 17.9. The van der Waals surface area contributed by atoms with Gasteiger partial charge in [-0.3, -0.25) is 14.4 Å². The van der Waals surface area contributed by atoms with Crippen LogP contribution in [0.4, 0.5) is 9.59 Å². The largest absolute Gasteiger partial charge is 0.507 e. The third kappa shape index (κ3) is 8.36. The molecule has 2 fully saturated rings. The number of aromatic nitrogens is 4. The summed E-state index contributed by atoms with van der Waals surface area (Å²) < 4.78 is 15.5. The monoisotopic (exact) mass is 872 g/mol. The van der Waals surface area contributed by atoms with Crippen molar-refractivity contribution in [3.63, 3.8) is 0 Å². The lowest BCUT2D eigenvalue weighted by molar-refractivity contribution is -0.136. The third-order valence-electron chi connectivity index (χ3n) is 12.3. The maximum atomic E-state index is 13.9. The molecule has 3 aromatic carbocycles. The molecule has 0 aliphatic carbocycles. The minimum atomic E-state index is -0.747. The summed E-state index contributed by atoms with van der Waals surface area (Å²) in [5.41, 5.74) is 5.04. The molecular weight excluding hydrogens is 821 g/mol. The summed E-state index contributed by atoms with van der Waals surface area (Å²) >= 11 is 0. The average molecular weight is 873 g/mol. The molecule has 0 saturated carbocycles. The van der Waals surface area contributed by atoms with Gasteiger partial charge in [-0.1, -0.05) is 58.0 Å². The Morgan fingerprint density at radius 2 is 1.34 bits per heavy atom. The first-order valence-corrected chi connectivity index (χ1v) is 21.5. The zero-order chi connectivity index (χ0) is 45.4. The highest BCUT2D eigenvalue weighted by atomic mass is 16.5. The van der Waals surface area contributed by atoms with Crippen LogP contribution in [0, 0.1) is 11.8 Å². The number of alkyl carbamates (subject to hydrolysis) is 2. The molecule has 3 aromatic heterocycles. The molecule has 334 valence electrons. The number of benzene rings is 3. The van der Waals surface area contributed by atoms with E-state index in [0.29, 0.717) is 47.8 Å². The first-order chi connectivity index (χ1) is 30.8. The van der Waals surface area contributed by atoms with Gasteiger partial charge in [0.15, 0.2) is 0 Å². The van der Waals surface area contributed by atoms with Crippen LogP contribution in [-0.4, -0.2) is 98.2 Å². The van der Waals surface area contributed by atoms with Crippen LogP contribution in [0.2, 0.25) is 0 Å². The highest BCUT2D eigenvalue weighted by Crippen LogP contribution is 2.37. The Balaban J connectivity index is 0.991. The van der Waals surface area contributed by atoms with Gasteiger partial charge in [-0.25, -0.2) is 19.6 Å². The van der Waals surface area contributed by atoms with E-state index < -0.39 is 24.3 Å². The van der Waals surface area contributed by atoms with E-state index in [0.717, 1.165) is 41.6 Å². The van der Waals surface area contributed by atoms with E-state index in [9.17, 15) is 29.1 Å². The molecule has 0 unspecified atom stereocenters. The molecule has 2 aliphatic heterocycles. The number of nitrogens with one attached hydrogen (secondary N) is 4. The topological polar surface area (TPSA) is 225 Å². The van der Waals surface area contributed by atoms with Crippen molar-refractivity contribution < 1.29 is 38.2 Å². The lowest BCUT2D eigenvalue weighted by atomic mass is 10.00. The first-order valence-electron chi connectivity index (χ1n) is 21.5. The van der Waals surface area contributed by atoms with E-state index in [2.05, 4.69) is 25.6 Å². The van der Waals surface area contributed by atoms with Gasteiger partial charge < -0.3 is 49.4 Å². The van der Waals surface area contributed by atoms with Crippen LogP contribution in [0.15, 0.2) is 76.3 Å². The molecule has 4 atom stereocenters. The number of imidazole rings is 2. The Morgan fingerprint density at radius 1 is 0.766 bits per heavy atom. The smallest absolute Gasteiger partial charge is 0.407 e. The van der Waals surface area contributed by atoms with E-state index >= 15 is 0 Å². The van der Waals surface area contributed by atoms with Crippen LogP contribution in [0.5, 0.6) is 5.75 Å². The number of carbonyl (C=O) groups excluding carboxylic acids is 4. The number of fused-ring (bicyclic) bond motifs is 2. The lowest BCUT2D eigenvalue weighted by Crippen LogP contribution is -2.51. The molecule has 2 aliphatic rings. The molecule has 0 bridgehead atoms. The first kappa shape index (κ1) is 43.5. The average Bonchev–Trinajstić information content (AvgIpc) is 4.13. The molecule has 64 heavy (non-hydrogen) atoms. The highest BCUT2D eigenvalue weighted by molar-refractivity contribution is 5.93. The molecule has 17 nitrogen and oxygen atoms in total. The number of ether oxygens (including phenoxy) is 2. The van der Waals surface area contributed by atoms with Gasteiger partial charge in [0.05, 0.1) is 54.8 Å². The summed E-state index contributed by atoms with van der Waals surface area (Å²) in [6.45, 7) is 8.55. The van der Waals surface area contributed by atoms with Crippen LogP contribution in [0.1, 0.15) is 77.1 Å². The highest BCUT2D eigenvalue weighted by Gasteiger charge is 2.39. The van der Waals surface area contributed by atoms with Crippen LogP contribution in [-0.2, 0) is 19.1 Å². The van der Waals surface area contributed by atoms with Crippen LogP contribution >= 0.6 is 0 Å². The van der Waals surface area contributed by atoms with E-state index in [1.165, 1.54) is 26.5 Å². The van der Waals surface area contributed by atoms with Crippen LogP contribution in [0.25, 0.3) is 55.5 Å². The number of carbonyl (C=O) groups is 4. The van der Waals surface area contributed by atoms with Gasteiger partial charge in [0.1, 0.15) is 46.7 Å². The number of aromatic hydroxyl groups is 1. The number of hydrogen-bond acceptors (Lipinski definition) is 11. The molecule has 8 rings (SSSR count). The van der Waals surface area contributed by atoms with Crippen molar-refractivity contribution in [2.75, 3.05) is 27.3 Å². The number of nitrogens with zero attached hydrogens (tertiary/aromatic N) is 4. The standard InChI is InChI=1S/C47H52N8O9/c1-24(2)39(52-46(60)62-5)44(58)54-17-7-9-34(54)42-48-22-33(51-42)27-13-11-26(12-14-27)30-23-64-37-21-29(20-36(56)38(37)41(30)57)28-15-16-31-32(19-28)50-43(49-31)35-10-8-18-55(35)45(59)40(25(3)4)53-47(61)63-6/h11-16,19-25,34-35,39-40,56H,7-10,17-18H2,1-6H3,(H,48,51)(H,49,50)(H,52,60)(H,53,61)/t34-,35-,39-,40-/m0/s1. The molecule has 5 N–H and O–H groups in total. The number of hydrogen-bond donors (Lipinski definition) is 5. The number of phenolic OH excluding ortho intramolecular Hbond substituents is 1. The summed E-state index contributed by atoms with van der Waals surface area (Å²) in [7, 11) is 2.53. The van der Waals surface area contributed by atoms with Crippen molar-refractivity contribution in [2.45, 2.75) is 77.5 Å². The summed E-state index contributed by atoms with van der Waals surface area (Å²) in [5, 5.41) is 16.7. The molecular formula is C47H52N8O9. The Hall–Kier alpha value is -7.17. The molecule has 0 radical (unpaired) electrons. The summed E-state index contributed by atoms with van der Waals surface area (Å²) in [6.07, 6.45) is 4.79. The summed E-state index contributed by atoms with van der Waals surface area (Å²) in [4.78, 5) is 84.9. The van der Waals surface area contributed by atoms with Crippen molar-refractivity contribution in [1.82, 2.24) is 40.4 Å². The number of likely N-dealkylation sites (tertiary alicyclic amines) is 2. The third-order valence-corrected chi connectivity index (χ3v) is 12.3. The maximum Gasteiger partial charge on any atom is 0.407 e. The number of aromatic amines is 2. The van der Waals surface area contributed by atoms with E-state index in [1.54, 1.807) is 34.2 Å². The summed E-state index contributed by atoms with van der Waals surface area (Å²) in [5.74, 6) is 0.357. The van der Waals surface area contributed by atoms with Crippen molar-refractivity contribution >= 4 is 46.0 Å². The van der Waals surface area contributed by atoms with Gasteiger partial charge >= 0.3 is 12.2 Å². The van der Waals surface area contributed by atoms with E-state index in [1.807, 2.05) is 58.0 Å². The molecule has 6 aromatic rings. The second-order valence-electron chi connectivity index (χ2n) is 17.1. The fraction of sp³-hybridized carbons (Fsp3) is 0.383. The van der Waals surface area contributed by atoms with E-state index in [4.69, 9.17) is 18.9 Å². The van der Waals surface area contributed by atoms with Gasteiger partial charge in [-0.05, 0) is 84.0 Å². The predicted octanol–water partition coefficient (Wildman–Crippen LogP) is 7.19. The fourth-order valence-corrected chi connectivity index (χ4v) is 8.83. The van der Waals surface area contributed by atoms with Crippen molar-refractivity contribution in [3.8, 4) is 39.3 Å². The zero-order valence-corrected chi connectivity index (χ0v) is 36.6. The fourth-order valence-electron chi connectivity index (χ4n) is 8.83. The van der Waals surface area contributed by atoms with Gasteiger partial charge in [-0.15, -0.1) is 0 Å². The van der Waals surface area contributed by atoms with Gasteiger partial charge in [-0.2, -0.15) is 0 Å². The predicted molar refractivity (Wildman–Crippen MR) is 238 cm³/mol. The van der Waals surface area contributed by atoms with Crippen LogP contribution < -0.4 is 16.1 Å². The molecule has 17 heteroatoms. The zero-order valence-electron chi connectivity index (χ0n) is 36.6. The van der Waals surface area contributed by atoms with E-state index in [-0.39, 0.29) is 63.4 Å². The van der Waals surface area contributed by atoms with Gasteiger partial charge in [0.2, 0.25) is 17.2 Å². The molecule has 4 amide bonds. The Morgan fingerprint density at radius 3 is 1.94 bits per heavy atom. The quantitative estimate of drug-likeness (QED) is 0.0876. The molecule has 0 spiro atoms. The SMILES string of the molecule is COC(=O)N[C@H](C(=O)N1CCC[C@H]1c1ncc(-c2ccc(-c3coc4cc(-c5ccc6nc([C@@H]7CCCN7C(=O)[C@@H](NC(=O)OC)C(C)C)[nH]c6c5)cc(O)c4c3=O)cc2)[nH]1)C(C)C. The Labute approximate surface area is 368 Å². The molecule has 5 heterocycles. The lowest BCUT2D eigenvalue weighted by Gasteiger charge is -2.30. The normalized spacial score (nSPS) is 17.3. The number of methoxy groups -OCH3 is 2. The van der Waals surface area contributed by atoms with Crippen molar-refractivity contribution in [1.29, 1.82) is 0 Å². The van der Waals surface area contributed by atoms with Crippen LogP contribution in [0.3, 0.4) is 0 Å². The number of rotatable bonds is 11. The minimum Gasteiger partial charge on any atom is -0.507 e. The summed E-state index contributed by atoms with van der Waals surface area (Å²) in [6, 6.07) is 14.1. The Bertz CT molecular complexity index is 2790. The number of amides is 4. The number of H-pyrrole nitrogens is 2. The van der Waals surface area contributed by atoms with Crippen molar-refractivity contribution in [2.24, 2.45) is 11.8 Å². The maximum absolute atomic E-state index is 13.9. The van der Waals surface area contributed by atoms with Crippen molar-refractivity contribution in [3.05, 3.63) is 88.9 Å². The van der Waals surface area contributed by atoms with Gasteiger partial charge in [0.25, 0.3) is 0 Å². The molecule has 2 saturated heterocycles. The van der Waals surface area contributed by atoms with Gasteiger partial charge in [0, 0.05) is 13.1 Å². The second-order valence-corrected chi connectivity index (χ2v) is 17.1. The Kier molecular flexibility index (Phi) is 12.2. The minimum absolute atomic E-state index is 0.0537.